The Labute approximate surface area is 163 Å². The van der Waals surface area contributed by atoms with E-state index in [4.69, 9.17) is 4.98 Å². The lowest BCUT2D eigenvalue weighted by molar-refractivity contribution is 0.166. The van der Waals surface area contributed by atoms with Gasteiger partial charge in [-0.25, -0.2) is 4.98 Å². The van der Waals surface area contributed by atoms with Crippen molar-refractivity contribution in [1.82, 2.24) is 14.5 Å². The first-order valence-corrected chi connectivity index (χ1v) is 10.4. The molecular formula is C24H31N3. The number of hydrogen-bond donors (Lipinski definition) is 0. The van der Waals surface area contributed by atoms with Gasteiger partial charge in [0.05, 0.1) is 17.6 Å². The minimum atomic E-state index is 0.895. The molecule has 0 N–H and O–H groups in total. The highest BCUT2D eigenvalue weighted by Crippen LogP contribution is 2.24. The zero-order chi connectivity index (χ0) is 18.6. The van der Waals surface area contributed by atoms with Gasteiger partial charge >= 0.3 is 0 Å². The van der Waals surface area contributed by atoms with Crippen molar-refractivity contribution in [3.63, 3.8) is 0 Å². The topological polar surface area (TPSA) is 21.1 Å². The minimum Gasteiger partial charge on any atom is -0.330 e. The number of aryl methyl sites for hydroxylation is 3. The molecule has 3 nitrogen and oxygen atoms in total. The molecule has 1 aliphatic heterocycles. The van der Waals surface area contributed by atoms with Crippen molar-refractivity contribution in [3.05, 3.63) is 65.5 Å². The summed E-state index contributed by atoms with van der Waals surface area (Å²) in [6, 6.07) is 17.4. The van der Waals surface area contributed by atoms with Crippen LogP contribution in [0, 0.1) is 12.8 Å². The Morgan fingerprint density at radius 2 is 1.85 bits per heavy atom. The van der Waals surface area contributed by atoms with Gasteiger partial charge in [-0.3, -0.25) is 4.90 Å². The molecule has 1 aromatic heterocycles. The molecule has 27 heavy (non-hydrogen) atoms. The van der Waals surface area contributed by atoms with E-state index in [1.165, 1.54) is 67.7 Å². The molecule has 2 heterocycles. The van der Waals surface area contributed by atoms with Gasteiger partial charge in [0.2, 0.25) is 0 Å². The zero-order valence-electron chi connectivity index (χ0n) is 16.7. The number of likely N-dealkylation sites (tertiary alicyclic amines) is 1. The van der Waals surface area contributed by atoms with Crippen molar-refractivity contribution in [3.8, 4) is 0 Å². The number of benzene rings is 2. The summed E-state index contributed by atoms with van der Waals surface area (Å²) in [6.45, 7) is 5.57. The van der Waals surface area contributed by atoms with E-state index >= 15 is 0 Å². The highest BCUT2D eigenvalue weighted by atomic mass is 15.2. The van der Waals surface area contributed by atoms with Crippen LogP contribution in [0.25, 0.3) is 11.0 Å². The van der Waals surface area contributed by atoms with Crippen LogP contribution >= 0.6 is 0 Å². The monoisotopic (exact) mass is 361 g/mol. The number of nitrogens with zero attached hydrogens (tertiary/aromatic N) is 3. The van der Waals surface area contributed by atoms with Gasteiger partial charge in [0.1, 0.15) is 5.82 Å². The number of rotatable bonds is 6. The predicted octanol–water partition coefficient (Wildman–Crippen LogP) is 5.12. The number of hydrogen-bond acceptors (Lipinski definition) is 2. The normalized spacial score (nSPS) is 16.2. The van der Waals surface area contributed by atoms with Gasteiger partial charge in [0.25, 0.3) is 0 Å². The number of piperidine rings is 1. The van der Waals surface area contributed by atoms with E-state index in [0.717, 1.165) is 18.0 Å². The van der Waals surface area contributed by atoms with Gasteiger partial charge in [-0.2, -0.15) is 0 Å². The Hall–Kier alpha value is -2.13. The van der Waals surface area contributed by atoms with Crippen molar-refractivity contribution in [2.75, 3.05) is 13.1 Å². The second kappa shape index (κ2) is 8.26. The molecule has 1 fully saturated rings. The molecule has 0 radical (unpaired) electrons. The first kappa shape index (κ1) is 18.2. The van der Waals surface area contributed by atoms with Crippen LogP contribution in [0.2, 0.25) is 0 Å². The summed E-state index contributed by atoms with van der Waals surface area (Å²) in [7, 11) is 2.14. The molecule has 0 amide bonds. The first-order valence-electron chi connectivity index (χ1n) is 10.4. The summed E-state index contributed by atoms with van der Waals surface area (Å²) in [5.41, 5.74) is 5.22. The van der Waals surface area contributed by atoms with Crippen LogP contribution in [-0.4, -0.2) is 27.5 Å². The summed E-state index contributed by atoms with van der Waals surface area (Å²) < 4.78 is 2.25. The average molecular weight is 362 g/mol. The molecule has 0 aliphatic carbocycles. The Morgan fingerprint density at radius 3 is 2.63 bits per heavy atom. The summed E-state index contributed by atoms with van der Waals surface area (Å²) >= 11 is 0. The second-order valence-electron chi connectivity index (χ2n) is 8.18. The van der Waals surface area contributed by atoms with Gasteiger partial charge in [-0.05, 0) is 69.3 Å². The Balaban J connectivity index is 1.24. The SMILES string of the molecule is Cc1cccc(CCCC2CCN(Cc3nc4ccccc4n3C)CC2)c1. The molecular weight excluding hydrogens is 330 g/mol. The molecule has 4 rings (SSSR count). The van der Waals surface area contributed by atoms with Crippen LogP contribution < -0.4 is 0 Å². The lowest BCUT2D eigenvalue weighted by Crippen LogP contribution is -2.34. The fourth-order valence-electron chi connectivity index (χ4n) is 4.43. The molecule has 2 aromatic carbocycles. The molecule has 0 spiro atoms. The molecule has 0 unspecified atom stereocenters. The average Bonchev–Trinajstić information content (AvgIpc) is 2.99. The van der Waals surface area contributed by atoms with Crippen LogP contribution in [0.15, 0.2) is 48.5 Å². The van der Waals surface area contributed by atoms with Crippen molar-refractivity contribution in [2.45, 2.75) is 45.6 Å². The molecule has 0 atom stereocenters. The quantitative estimate of drug-likeness (QED) is 0.608. The van der Waals surface area contributed by atoms with Crippen LogP contribution in [0.1, 0.15) is 42.6 Å². The van der Waals surface area contributed by atoms with E-state index in [2.05, 4.69) is 72.0 Å². The smallest absolute Gasteiger partial charge is 0.123 e. The van der Waals surface area contributed by atoms with E-state index in [1.54, 1.807) is 0 Å². The van der Waals surface area contributed by atoms with Crippen molar-refractivity contribution < 1.29 is 0 Å². The molecule has 0 saturated carbocycles. The maximum Gasteiger partial charge on any atom is 0.123 e. The Bertz CT molecular complexity index is 888. The van der Waals surface area contributed by atoms with Gasteiger partial charge in [0.15, 0.2) is 0 Å². The third-order valence-electron chi connectivity index (χ3n) is 6.11. The molecule has 3 aromatic rings. The Kier molecular flexibility index (Phi) is 5.58. The van der Waals surface area contributed by atoms with Gasteiger partial charge in [-0.1, -0.05) is 48.4 Å². The predicted molar refractivity (Wildman–Crippen MR) is 113 cm³/mol. The summed E-state index contributed by atoms with van der Waals surface area (Å²) in [6.07, 6.45) is 6.57. The first-order chi connectivity index (χ1) is 13.2. The van der Waals surface area contributed by atoms with E-state index in [0.29, 0.717) is 0 Å². The fourth-order valence-corrected chi connectivity index (χ4v) is 4.43. The van der Waals surface area contributed by atoms with Gasteiger partial charge in [0, 0.05) is 7.05 Å². The van der Waals surface area contributed by atoms with Crippen LogP contribution in [0.4, 0.5) is 0 Å². The van der Waals surface area contributed by atoms with Crippen LogP contribution in [0.5, 0.6) is 0 Å². The summed E-state index contributed by atoms with van der Waals surface area (Å²) in [5, 5.41) is 0. The lowest BCUT2D eigenvalue weighted by Gasteiger charge is -2.31. The largest absolute Gasteiger partial charge is 0.330 e. The third-order valence-corrected chi connectivity index (χ3v) is 6.11. The molecule has 3 heteroatoms. The standard InChI is InChI=1S/C24H31N3/c1-19-7-5-9-21(17-19)10-6-8-20-13-15-27(16-14-20)18-24-25-22-11-3-4-12-23(22)26(24)2/h3-5,7,9,11-12,17,20H,6,8,10,13-16,18H2,1-2H3. The number of aromatic nitrogens is 2. The zero-order valence-corrected chi connectivity index (χ0v) is 16.7. The van der Waals surface area contributed by atoms with E-state index < -0.39 is 0 Å². The number of imidazole rings is 1. The van der Waals surface area contributed by atoms with Crippen LogP contribution in [-0.2, 0) is 20.0 Å². The minimum absolute atomic E-state index is 0.895. The van der Waals surface area contributed by atoms with Gasteiger partial charge < -0.3 is 4.57 Å². The van der Waals surface area contributed by atoms with Crippen molar-refractivity contribution in [1.29, 1.82) is 0 Å². The van der Waals surface area contributed by atoms with Crippen molar-refractivity contribution >= 4 is 11.0 Å². The van der Waals surface area contributed by atoms with Crippen LogP contribution in [0.3, 0.4) is 0 Å². The van der Waals surface area contributed by atoms with Crippen molar-refractivity contribution in [2.24, 2.45) is 13.0 Å². The van der Waals surface area contributed by atoms with E-state index in [-0.39, 0.29) is 0 Å². The van der Waals surface area contributed by atoms with Gasteiger partial charge in [-0.15, -0.1) is 0 Å². The number of para-hydroxylation sites is 2. The molecule has 0 bridgehead atoms. The molecule has 1 aliphatic rings. The highest BCUT2D eigenvalue weighted by Gasteiger charge is 2.20. The molecule has 1 saturated heterocycles. The highest BCUT2D eigenvalue weighted by molar-refractivity contribution is 5.75. The Morgan fingerprint density at radius 1 is 1.04 bits per heavy atom. The second-order valence-corrected chi connectivity index (χ2v) is 8.18. The van der Waals surface area contributed by atoms with E-state index in [1.807, 2.05) is 0 Å². The maximum atomic E-state index is 4.84. The fraction of sp³-hybridized carbons (Fsp3) is 0.458. The summed E-state index contributed by atoms with van der Waals surface area (Å²) in [4.78, 5) is 7.42. The maximum absolute atomic E-state index is 4.84. The lowest BCUT2D eigenvalue weighted by atomic mass is 9.90. The number of fused-ring (bicyclic) bond motifs is 1. The summed E-state index contributed by atoms with van der Waals surface area (Å²) in [5.74, 6) is 2.08. The van der Waals surface area contributed by atoms with E-state index in [9.17, 15) is 0 Å². The molecule has 142 valence electrons. The third kappa shape index (κ3) is 4.41.